The lowest BCUT2D eigenvalue weighted by atomic mass is 9.87. The van der Waals surface area contributed by atoms with E-state index in [2.05, 4.69) is 31.3 Å². The van der Waals surface area contributed by atoms with Gasteiger partial charge >= 0.3 is 5.97 Å². The Labute approximate surface area is 210 Å². The van der Waals surface area contributed by atoms with Crippen LogP contribution in [-0.2, 0) is 5.41 Å². The number of hydrogen-bond donors (Lipinski definition) is 1. The second kappa shape index (κ2) is 10.4. The van der Waals surface area contributed by atoms with Gasteiger partial charge in [-0.1, -0.05) is 63.2 Å². The molecule has 0 aromatic heterocycles. The summed E-state index contributed by atoms with van der Waals surface area (Å²) in [5, 5.41) is 5.96. The summed E-state index contributed by atoms with van der Waals surface area (Å²) in [5.41, 5.74) is 5.19. The summed E-state index contributed by atoms with van der Waals surface area (Å²) in [6.45, 7) is 6.36. The molecule has 1 amide bonds. The Hall–Kier alpha value is -4.45. The van der Waals surface area contributed by atoms with E-state index in [1.54, 1.807) is 49.6 Å². The first-order chi connectivity index (χ1) is 17.3. The lowest BCUT2D eigenvalue weighted by molar-refractivity contribution is 0.0734. The summed E-state index contributed by atoms with van der Waals surface area (Å²) in [6.07, 6.45) is 1.50. The molecule has 0 unspecified atom stereocenters. The molecule has 36 heavy (non-hydrogen) atoms. The molecule has 0 spiro atoms. The molecule has 0 bridgehead atoms. The largest absolute Gasteiger partial charge is 0.497 e. The van der Waals surface area contributed by atoms with Crippen LogP contribution in [0.3, 0.4) is 0 Å². The first-order valence-electron chi connectivity index (χ1n) is 11.6. The molecule has 182 valence electrons. The number of amides is 1. The van der Waals surface area contributed by atoms with Gasteiger partial charge in [-0.25, -0.2) is 10.2 Å². The fourth-order valence-electron chi connectivity index (χ4n) is 3.73. The minimum atomic E-state index is -0.509. The van der Waals surface area contributed by atoms with Crippen LogP contribution in [-0.4, -0.2) is 25.2 Å². The Morgan fingerprint density at radius 2 is 1.50 bits per heavy atom. The topological polar surface area (TPSA) is 77.0 Å². The van der Waals surface area contributed by atoms with Crippen LogP contribution in [0.15, 0.2) is 90.0 Å². The van der Waals surface area contributed by atoms with Crippen LogP contribution in [0.1, 0.15) is 52.6 Å². The third-order valence-electron chi connectivity index (χ3n) is 5.83. The molecule has 6 nitrogen and oxygen atoms in total. The van der Waals surface area contributed by atoms with Gasteiger partial charge in [0.25, 0.3) is 5.91 Å². The average molecular weight is 481 g/mol. The molecule has 0 aliphatic heterocycles. The van der Waals surface area contributed by atoms with Gasteiger partial charge in [-0.15, -0.1) is 0 Å². The van der Waals surface area contributed by atoms with E-state index >= 15 is 0 Å². The van der Waals surface area contributed by atoms with Crippen molar-refractivity contribution in [2.45, 2.75) is 26.2 Å². The molecule has 0 aliphatic carbocycles. The number of carbonyl (C=O) groups is 2. The Bertz CT molecular complexity index is 1420. The molecule has 0 saturated heterocycles. The second-order valence-electron chi connectivity index (χ2n) is 9.34. The van der Waals surface area contributed by atoms with Crippen LogP contribution in [0.25, 0.3) is 10.8 Å². The van der Waals surface area contributed by atoms with Crippen molar-refractivity contribution in [1.29, 1.82) is 0 Å². The van der Waals surface area contributed by atoms with Crippen LogP contribution in [0.4, 0.5) is 0 Å². The molecule has 0 fully saturated rings. The van der Waals surface area contributed by atoms with Crippen molar-refractivity contribution in [2.75, 3.05) is 7.11 Å². The Morgan fingerprint density at radius 3 is 2.17 bits per heavy atom. The van der Waals surface area contributed by atoms with E-state index in [-0.39, 0.29) is 11.3 Å². The lowest BCUT2D eigenvalue weighted by Gasteiger charge is -2.18. The highest BCUT2D eigenvalue weighted by molar-refractivity contribution is 6.04. The standard InChI is InChI=1S/C30H28N2O4/c1-30(2,3)23-14-9-21(10-15-23)28(33)32-31-19-26-25-8-6-5-7-20(25)13-18-27(26)36-29(34)22-11-16-24(35-4)17-12-22/h5-19H,1-4H3,(H,32,33)/b31-19-. The van der Waals surface area contributed by atoms with Gasteiger partial charge in [0, 0.05) is 11.1 Å². The smallest absolute Gasteiger partial charge is 0.343 e. The summed E-state index contributed by atoms with van der Waals surface area (Å²) in [4.78, 5) is 25.4. The normalized spacial score (nSPS) is 11.4. The number of ether oxygens (including phenoxy) is 2. The number of benzene rings is 4. The van der Waals surface area contributed by atoms with Gasteiger partial charge in [-0.2, -0.15) is 5.10 Å². The van der Waals surface area contributed by atoms with E-state index < -0.39 is 5.97 Å². The number of hydrogen-bond acceptors (Lipinski definition) is 5. The number of methoxy groups -OCH3 is 1. The van der Waals surface area contributed by atoms with Crippen LogP contribution in [0, 0.1) is 0 Å². The number of esters is 1. The van der Waals surface area contributed by atoms with Crippen LogP contribution in [0.2, 0.25) is 0 Å². The molecule has 4 aromatic carbocycles. The second-order valence-corrected chi connectivity index (χ2v) is 9.34. The molecule has 1 N–H and O–H groups in total. The van der Waals surface area contributed by atoms with E-state index in [0.717, 1.165) is 16.3 Å². The maximum absolute atomic E-state index is 12.8. The zero-order valence-electron chi connectivity index (χ0n) is 20.7. The van der Waals surface area contributed by atoms with Gasteiger partial charge in [-0.3, -0.25) is 4.79 Å². The van der Waals surface area contributed by atoms with Crippen molar-refractivity contribution >= 4 is 28.9 Å². The molecule has 0 atom stereocenters. The number of nitrogens with zero attached hydrogens (tertiary/aromatic N) is 1. The number of hydrazone groups is 1. The Morgan fingerprint density at radius 1 is 0.833 bits per heavy atom. The van der Waals surface area contributed by atoms with Gasteiger partial charge in [0.05, 0.1) is 18.9 Å². The summed E-state index contributed by atoms with van der Waals surface area (Å²) in [6, 6.07) is 25.4. The zero-order chi connectivity index (χ0) is 25.7. The highest BCUT2D eigenvalue weighted by atomic mass is 16.5. The van der Waals surface area contributed by atoms with E-state index in [0.29, 0.717) is 28.2 Å². The fraction of sp³-hybridized carbons (Fsp3) is 0.167. The zero-order valence-corrected chi connectivity index (χ0v) is 20.7. The first kappa shape index (κ1) is 24.7. The summed E-state index contributed by atoms with van der Waals surface area (Å²) in [5.74, 6) is 0.144. The molecule has 6 heteroatoms. The van der Waals surface area contributed by atoms with Gasteiger partial charge in [0.2, 0.25) is 0 Å². The molecule has 0 aliphatic rings. The van der Waals surface area contributed by atoms with Crippen LogP contribution < -0.4 is 14.9 Å². The van der Waals surface area contributed by atoms with E-state index in [4.69, 9.17) is 9.47 Å². The van der Waals surface area contributed by atoms with E-state index in [1.165, 1.54) is 6.21 Å². The molecule has 4 rings (SSSR count). The van der Waals surface area contributed by atoms with Crippen LogP contribution >= 0.6 is 0 Å². The molecule has 4 aromatic rings. The highest BCUT2D eigenvalue weighted by Gasteiger charge is 2.15. The third-order valence-corrected chi connectivity index (χ3v) is 5.83. The summed E-state index contributed by atoms with van der Waals surface area (Å²) < 4.78 is 10.9. The molecule has 0 heterocycles. The molecular weight excluding hydrogens is 452 g/mol. The van der Waals surface area contributed by atoms with E-state index in [1.807, 2.05) is 42.5 Å². The predicted molar refractivity (Wildman–Crippen MR) is 142 cm³/mol. The van der Waals surface area contributed by atoms with Crippen molar-refractivity contribution in [3.8, 4) is 11.5 Å². The molecular formula is C30H28N2O4. The number of nitrogens with one attached hydrogen (secondary N) is 1. The van der Waals surface area contributed by atoms with Crippen molar-refractivity contribution < 1.29 is 19.1 Å². The minimum absolute atomic E-state index is 0.00117. The van der Waals surface area contributed by atoms with Crippen molar-refractivity contribution in [3.05, 3.63) is 107 Å². The molecule has 0 radical (unpaired) electrons. The first-order valence-corrected chi connectivity index (χ1v) is 11.6. The summed E-state index contributed by atoms with van der Waals surface area (Å²) in [7, 11) is 1.56. The number of fused-ring (bicyclic) bond motifs is 1. The summed E-state index contributed by atoms with van der Waals surface area (Å²) >= 11 is 0. The van der Waals surface area contributed by atoms with Gasteiger partial charge in [-0.05, 0) is 64.2 Å². The minimum Gasteiger partial charge on any atom is -0.497 e. The maximum atomic E-state index is 12.8. The fourth-order valence-corrected chi connectivity index (χ4v) is 3.73. The highest BCUT2D eigenvalue weighted by Crippen LogP contribution is 2.28. The van der Waals surface area contributed by atoms with Gasteiger partial charge < -0.3 is 9.47 Å². The quantitative estimate of drug-likeness (QED) is 0.156. The lowest BCUT2D eigenvalue weighted by Crippen LogP contribution is -2.18. The van der Waals surface area contributed by atoms with Gasteiger partial charge in [0.15, 0.2) is 0 Å². The van der Waals surface area contributed by atoms with Crippen molar-refractivity contribution in [1.82, 2.24) is 5.43 Å². The maximum Gasteiger partial charge on any atom is 0.343 e. The Balaban J connectivity index is 1.57. The Kier molecular flexibility index (Phi) is 7.15. The predicted octanol–water partition coefficient (Wildman–Crippen LogP) is 6.13. The van der Waals surface area contributed by atoms with Crippen molar-refractivity contribution in [3.63, 3.8) is 0 Å². The number of carbonyl (C=O) groups excluding carboxylic acids is 2. The van der Waals surface area contributed by atoms with Crippen molar-refractivity contribution in [2.24, 2.45) is 5.10 Å². The van der Waals surface area contributed by atoms with E-state index in [9.17, 15) is 9.59 Å². The SMILES string of the molecule is COc1ccc(C(=O)Oc2ccc3ccccc3c2/C=N\NC(=O)c2ccc(C(C)(C)C)cc2)cc1. The number of rotatable bonds is 6. The third kappa shape index (κ3) is 5.61. The van der Waals surface area contributed by atoms with Gasteiger partial charge in [0.1, 0.15) is 11.5 Å². The van der Waals surface area contributed by atoms with Crippen LogP contribution in [0.5, 0.6) is 11.5 Å². The monoisotopic (exact) mass is 480 g/mol. The molecule has 0 saturated carbocycles. The average Bonchev–Trinajstić information content (AvgIpc) is 2.89.